The van der Waals surface area contributed by atoms with Crippen molar-refractivity contribution >= 4 is 11.6 Å². The number of hydrogen-bond donors (Lipinski definition) is 1. The zero-order valence-electron chi connectivity index (χ0n) is 10.1. The van der Waals surface area contributed by atoms with Gasteiger partial charge in [0.05, 0.1) is 0 Å². The fourth-order valence-electron chi connectivity index (χ4n) is 1.67. The molecule has 1 aromatic rings. The Morgan fingerprint density at radius 3 is 2.59 bits per heavy atom. The molecule has 1 aliphatic carbocycles. The first-order chi connectivity index (χ1) is 8.22. The Balaban J connectivity index is 1.98. The Bertz CT molecular complexity index is 385. The minimum Gasteiger partial charge on any atom is -0.492 e. The summed E-state index contributed by atoms with van der Waals surface area (Å²) < 4.78 is 5.38. The SMILES string of the molecule is CN(C(=O)C1CC1)c1ccc(OCCN)cc1. The zero-order valence-corrected chi connectivity index (χ0v) is 10.1. The Labute approximate surface area is 101 Å². The summed E-state index contributed by atoms with van der Waals surface area (Å²) in [4.78, 5) is 13.6. The highest BCUT2D eigenvalue weighted by Gasteiger charge is 2.32. The van der Waals surface area contributed by atoms with E-state index in [9.17, 15) is 4.79 Å². The molecule has 0 aromatic heterocycles. The van der Waals surface area contributed by atoms with Gasteiger partial charge in [-0.1, -0.05) is 0 Å². The highest BCUT2D eigenvalue weighted by atomic mass is 16.5. The van der Waals surface area contributed by atoms with Crippen LogP contribution in [0.2, 0.25) is 0 Å². The minimum atomic E-state index is 0.209. The van der Waals surface area contributed by atoms with E-state index < -0.39 is 0 Å². The van der Waals surface area contributed by atoms with Gasteiger partial charge in [0.2, 0.25) is 5.91 Å². The van der Waals surface area contributed by atoms with E-state index in [1.807, 2.05) is 31.3 Å². The first-order valence-corrected chi connectivity index (χ1v) is 5.93. The molecule has 0 aliphatic heterocycles. The van der Waals surface area contributed by atoms with E-state index >= 15 is 0 Å². The highest BCUT2D eigenvalue weighted by Crippen LogP contribution is 2.32. The van der Waals surface area contributed by atoms with Crippen LogP contribution in [0.3, 0.4) is 0 Å². The third-order valence-corrected chi connectivity index (χ3v) is 2.87. The fraction of sp³-hybridized carbons (Fsp3) is 0.462. The number of carbonyl (C=O) groups excluding carboxylic acids is 1. The van der Waals surface area contributed by atoms with Crippen LogP contribution >= 0.6 is 0 Å². The summed E-state index contributed by atoms with van der Waals surface area (Å²) in [6, 6.07) is 7.52. The first kappa shape index (κ1) is 11.9. The summed E-state index contributed by atoms with van der Waals surface area (Å²) in [6.45, 7) is 1.01. The number of nitrogens with two attached hydrogens (primary N) is 1. The molecule has 1 aromatic carbocycles. The van der Waals surface area contributed by atoms with Crippen LogP contribution in [0.4, 0.5) is 5.69 Å². The molecule has 0 atom stereocenters. The van der Waals surface area contributed by atoms with Gasteiger partial charge in [-0.05, 0) is 37.1 Å². The molecule has 1 saturated carbocycles. The first-order valence-electron chi connectivity index (χ1n) is 5.93. The number of nitrogens with zero attached hydrogens (tertiary/aromatic N) is 1. The molecule has 0 radical (unpaired) electrons. The molecule has 1 aliphatic rings. The van der Waals surface area contributed by atoms with E-state index in [0.717, 1.165) is 24.3 Å². The number of hydrogen-bond acceptors (Lipinski definition) is 3. The number of benzene rings is 1. The predicted octanol–water partition coefficient (Wildman–Crippen LogP) is 1.40. The molecule has 0 bridgehead atoms. The second-order valence-electron chi connectivity index (χ2n) is 4.30. The van der Waals surface area contributed by atoms with Crippen LogP contribution in [0, 0.1) is 5.92 Å². The molecule has 17 heavy (non-hydrogen) atoms. The van der Waals surface area contributed by atoms with Crippen molar-refractivity contribution in [2.45, 2.75) is 12.8 Å². The van der Waals surface area contributed by atoms with E-state index in [1.165, 1.54) is 0 Å². The summed E-state index contributed by atoms with van der Waals surface area (Å²) in [5.41, 5.74) is 6.26. The van der Waals surface area contributed by atoms with Gasteiger partial charge in [0.1, 0.15) is 12.4 Å². The van der Waals surface area contributed by atoms with Crippen LogP contribution in [0.1, 0.15) is 12.8 Å². The van der Waals surface area contributed by atoms with E-state index in [4.69, 9.17) is 10.5 Å². The molecule has 2 N–H and O–H groups in total. The van der Waals surface area contributed by atoms with Crippen LogP contribution in [0.5, 0.6) is 5.75 Å². The topological polar surface area (TPSA) is 55.6 Å². The van der Waals surface area contributed by atoms with E-state index in [0.29, 0.717) is 13.2 Å². The largest absolute Gasteiger partial charge is 0.492 e. The predicted molar refractivity (Wildman–Crippen MR) is 67.1 cm³/mol. The van der Waals surface area contributed by atoms with Gasteiger partial charge in [-0.25, -0.2) is 0 Å². The summed E-state index contributed by atoms with van der Waals surface area (Å²) in [5.74, 6) is 1.24. The molecule has 0 unspecified atom stereocenters. The van der Waals surface area contributed by atoms with Gasteiger partial charge in [-0.3, -0.25) is 4.79 Å². The van der Waals surface area contributed by atoms with E-state index in [-0.39, 0.29) is 11.8 Å². The van der Waals surface area contributed by atoms with Crippen LogP contribution in [0.15, 0.2) is 24.3 Å². The quantitative estimate of drug-likeness (QED) is 0.837. The van der Waals surface area contributed by atoms with Gasteiger partial charge in [-0.15, -0.1) is 0 Å². The smallest absolute Gasteiger partial charge is 0.229 e. The van der Waals surface area contributed by atoms with Gasteiger partial charge in [0, 0.05) is 25.2 Å². The van der Waals surface area contributed by atoms with Gasteiger partial charge in [-0.2, -0.15) is 0 Å². The summed E-state index contributed by atoms with van der Waals surface area (Å²) >= 11 is 0. The van der Waals surface area contributed by atoms with Gasteiger partial charge in [0.25, 0.3) is 0 Å². The van der Waals surface area contributed by atoms with Crippen molar-refractivity contribution in [1.29, 1.82) is 0 Å². The second-order valence-corrected chi connectivity index (χ2v) is 4.30. The normalized spacial score (nSPS) is 14.5. The number of ether oxygens (including phenoxy) is 1. The Kier molecular flexibility index (Phi) is 3.64. The van der Waals surface area contributed by atoms with Crippen molar-refractivity contribution in [2.75, 3.05) is 25.1 Å². The molecule has 4 nitrogen and oxygen atoms in total. The Morgan fingerprint density at radius 2 is 2.06 bits per heavy atom. The van der Waals surface area contributed by atoms with E-state index in [2.05, 4.69) is 0 Å². The average Bonchev–Trinajstić information content (AvgIpc) is 3.19. The lowest BCUT2D eigenvalue weighted by Gasteiger charge is -2.17. The van der Waals surface area contributed by atoms with Gasteiger partial charge >= 0.3 is 0 Å². The molecular weight excluding hydrogens is 216 g/mol. The maximum absolute atomic E-state index is 11.8. The summed E-state index contributed by atoms with van der Waals surface area (Å²) in [5, 5.41) is 0. The van der Waals surface area contributed by atoms with Crippen molar-refractivity contribution in [3.63, 3.8) is 0 Å². The van der Waals surface area contributed by atoms with Crippen LogP contribution in [-0.4, -0.2) is 26.1 Å². The average molecular weight is 234 g/mol. The number of rotatable bonds is 5. The Hall–Kier alpha value is -1.55. The van der Waals surface area contributed by atoms with Crippen LogP contribution in [0.25, 0.3) is 0 Å². The maximum Gasteiger partial charge on any atom is 0.229 e. The van der Waals surface area contributed by atoms with Gasteiger partial charge in [0.15, 0.2) is 0 Å². The molecule has 2 rings (SSSR count). The Morgan fingerprint density at radius 1 is 1.41 bits per heavy atom. The lowest BCUT2D eigenvalue weighted by Crippen LogP contribution is -2.27. The number of amides is 1. The van der Waals surface area contributed by atoms with E-state index in [1.54, 1.807) is 4.90 Å². The maximum atomic E-state index is 11.8. The van der Waals surface area contributed by atoms with Crippen molar-refractivity contribution < 1.29 is 9.53 Å². The fourth-order valence-corrected chi connectivity index (χ4v) is 1.67. The standard InChI is InChI=1S/C13H18N2O2/c1-15(13(16)10-2-3-10)11-4-6-12(7-5-11)17-9-8-14/h4-7,10H,2-3,8-9,14H2,1H3. The van der Waals surface area contributed by atoms with Crippen molar-refractivity contribution in [1.82, 2.24) is 0 Å². The molecule has 4 heteroatoms. The molecule has 0 spiro atoms. The zero-order chi connectivity index (χ0) is 12.3. The lowest BCUT2D eigenvalue weighted by atomic mass is 10.2. The lowest BCUT2D eigenvalue weighted by molar-refractivity contribution is -0.119. The molecule has 92 valence electrons. The minimum absolute atomic E-state index is 0.209. The molecule has 1 amide bonds. The number of anilines is 1. The summed E-state index contributed by atoms with van der Waals surface area (Å²) in [6.07, 6.45) is 2.06. The second kappa shape index (κ2) is 5.19. The van der Waals surface area contributed by atoms with Crippen molar-refractivity contribution in [3.8, 4) is 5.75 Å². The molecule has 0 saturated heterocycles. The number of carbonyl (C=O) groups is 1. The van der Waals surface area contributed by atoms with Gasteiger partial charge < -0.3 is 15.4 Å². The molecular formula is C13H18N2O2. The van der Waals surface area contributed by atoms with Crippen LogP contribution in [-0.2, 0) is 4.79 Å². The third-order valence-electron chi connectivity index (χ3n) is 2.87. The monoisotopic (exact) mass is 234 g/mol. The summed E-state index contributed by atoms with van der Waals surface area (Å²) in [7, 11) is 1.82. The molecule has 1 fully saturated rings. The van der Waals surface area contributed by atoms with Crippen LogP contribution < -0.4 is 15.4 Å². The van der Waals surface area contributed by atoms with Crippen molar-refractivity contribution in [2.24, 2.45) is 11.7 Å². The molecule has 0 heterocycles. The highest BCUT2D eigenvalue weighted by molar-refractivity contribution is 5.95. The third kappa shape index (κ3) is 2.97. The van der Waals surface area contributed by atoms with Crippen molar-refractivity contribution in [3.05, 3.63) is 24.3 Å².